The lowest BCUT2D eigenvalue weighted by atomic mass is 10.1. The molecule has 3 nitrogen and oxygen atoms in total. The van der Waals surface area contributed by atoms with Gasteiger partial charge in [-0.2, -0.15) is 0 Å². The number of hydrogen-bond donors (Lipinski definition) is 0. The first-order valence-electron chi connectivity index (χ1n) is 6.53. The Morgan fingerprint density at radius 2 is 1.95 bits per heavy atom. The molecule has 0 atom stereocenters. The second-order valence-electron chi connectivity index (χ2n) is 5.01. The summed E-state index contributed by atoms with van der Waals surface area (Å²) in [6, 6.07) is 6.35. The molecule has 1 aromatic heterocycles. The van der Waals surface area contributed by atoms with Crippen molar-refractivity contribution in [3.8, 4) is 0 Å². The summed E-state index contributed by atoms with van der Waals surface area (Å²) in [5, 5.41) is 1.20. The van der Waals surface area contributed by atoms with Gasteiger partial charge in [-0.15, -0.1) is 11.3 Å². The van der Waals surface area contributed by atoms with Crippen molar-refractivity contribution in [1.29, 1.82) is 0 Å². The van der Waals surface area contributed by atoms with E-state index >= 15 is 0 Å². The zero-order chi connectivity index (χ0) is 13.4. The third-order valence-corrected chi connectivity index (χ3v) is 4.57. The molecule has 0 bridgehead atoms. The Morgan fingerprint density at radius 1 is 1.21 bits per heavy atom. The predicted octanol–water partition coefficient (Wildman–Crippen LogP) is 2.99. The van der Waals surface area contributed by atoms with E-state index in [2.05, 4.69) is 26.0 Å². The molecule has 2 heterocycles. The van der Waals surface area contributed by atoms with Gasteiger partial charge in [0, 0.05) is 17.8 Å². The fraction of sp³-hybridized carbons (Fsp3) is 0.400. The molecule has 0 unspecified atom stereocenters. The van der Waals surface area contributed by atoms with Crippen molar-refractivity contribution in [2.75, 3.05) is 26.3 Å². The molecule has 0 saturated carbocycles. The van der Waals surface area contributed by atoms with E-state index in [1.807, 2.05) is 11.0 Å². The highest BCUT2D eigenvalue weighted by molar-refractivity contribution is 7.20. The van der Waals surface area contributed by atoms with Crippen LogP contribution in [0.2, 0.25) is 0 Å². The van der Waals surface area contributed by atoms with Crippen molar-refractivity contribution in [2.45, 2.75) is 13.8 Å². The molecule has 1 aromatic carbocycles. The summed E-state index contributed by atoms with van der Waals surface area (Å²) >= 11 is 1.60. The van der Waals surface area contributed by atoms with Crippen LogP contribution in [0.3, 0.4) is 0 Å². The maximum Gasteiger partial charge on any atom is 0.264 e. The highest BCUT2D eigenvalue weighted by atomic mass is 32.1. The highest BCUT2D eigenvalue weighted by Crippen LogP contribution is 2.30. The normalized spacial score (nSPS) is 16.0. The van der Waals surface area contributed by atoms with Crippen LogP contribution in [0.1, 0.15) is 20.8 Å². The molecular formula is C15H17NO2S. The first kappa shape index (κ1) is 12.6. The van der Waals surface area contributed by atoms with Gasteiger partial charge >= 0.3 is 0 Å². The summed E-state index contributed by atoms with van der Waals surface area (Å²) in [6.45, 7) is 6.89. The molecule has 0 N–H and O–H groups in total. The summed E-state index contributed by atoms with van der Waals surface area (Å²) in [7, 11) is 0. The van der Waals surface area contributed by atoms with E-state index in [0.29, 0.717) is 26.3 Å². The largest absolute Gasteiger partial charge is 0.378 e. The minimum Gasteiger partial charge on any atom is -0.378 e. The molecule has 1 aliphatic heterocycles. The summed E-state index contributed by atoms with van der Waals surface area (Å²) in [4.78, 5) is 15.2. The lowest BCUT2D eigenvalue weighted by Crippen LogP contribution is -2.40. The smallest absolute Gasteiger partial charge is 0.264 e. The van der Waals surface area contributed by atoms with Crippen LogP contribution < -0.4 is 0 Å². The molecular weight excluding hydrogens is 258 g/mol. The molecule has 4 heteroatoms. The van der Waals surface area contributed by atoms with Crippen molar-refractivity contribution < 1.29 is 9.53 Å². The molecule has 0 spiro atoms. The second-order valence-corrected chi connectivity index (χ2v) is 6.09. The fourth-order valence-corrected chi connectivity index (χ4v) is 3.72. The van der Waals surface area contributed by atoms with E-state index in [1.165, 1.54) is 21.2 Å². The standard InChI is InChI=1S/C15H17NO2S/c1-10-7-11(2)12-9-14(19-13(12)8-10)15(17)16-3-5-18-6-4-16/h7-9H,3-6H2,1-2H3. The van der Waals surface area contributed by atoms with E-state index in [1.54, 1.807) is 11.3 Å². The topological polar surface area (TPSA) is 29.5 Å². The van der Waals surface area contributed by atoms with Crippen LogP contribution in [0.4, 0.5) is 0 Å². The van der Waals surface area contributed by atoms with E-state index in [0.717, 1.165) is 4.88 Å². The van der Waals surface area contributed by atoms with Crippen molar-refractivity contribution in [3.63, 3.8) is 0 Å². The Morgan fingerprint density at radius 3 is 2.68 bits per heavy atom. The molecule has 2 aromatic rings. The Balaban J connectivity index is 1.96. The van der Waals surface area contributed by atoms with Gasteiger partial charge in [0.05, 0.1) is 18.1 Å². The third kappa shape index (κ3) is 2.38. The average Bonchev–Trinajstić information content (AvgIpc) is 2.83. The van der Waals surface area contributed by atoms with Crippen LogP contribution in [0.25, 0.3) is 10.1 Å². The van der Waals surface area contributed by atoms with Gasteiger partial charge in [0.1, 0.15) is 0 Å². The minimum absolute atomic E-state index is 0.140. The number of carbonyl (C=O) groups excluding carboxylic acids is 1. The van der Waals surface area contributed by atoms with Crippen LogP contribution in [0, 0.1) is 13.8 Å². The van der Waals surface area contributed by atoms with Crippen molar-refractivity contribution >= 4 is 27.3 Å². The maximum absolute atomic E-state index is 12.4. The van der Waals surface area contributed by atoms with Crippen molar-refractivity contribution in [2.24, 2.45) is 0 Å². The van der Waals surface area contributed by atoms with Crippen LogP contribution >= 0.6 is 11.3 Å². The minimum atomic E-state index is 0.140. The number of carbonyl (C=O) groups is 1. The van der Waals surface area contributed by atoms with Crippen LogP contribution in [0.5, 0.6) is 0 Å². The number of rotatable bonds is 1. The molecule has 19 heavy (non-hydrogen) atoms. The Kier molecular flexibility index (Phi) is 3.29. The quantitative estimate of drug-likeness (QED) is 0.800. The van der Waals surface area contributed by atoms with Gasteiger partial charge in [0.25, 0.3) is 5.91 Å². The maximum atomic E-state index is 12.4. The van der Waals surface area contributed by atoms with Gasteiger partial charge in [-0.05, 0) is 42.5 Å². The van der Waals surface area contributed by atoms with Gasteiger partial charge in [-0.3, -0.25) is 4.79 Å². The summed E-state index contributed by atoms with van der Waals surface area (Å²) in [5.74, 6) is 0.140. The monoisotopic (exact) mass is 275 g/mol. The van der Waals surface area contributed by atoms with Crippen LogP contribution in [-0.4, -0.2) is 37.1 Å². The molecule has 0 radical (unpaired) electrons. The Labute approximate surface area is 116 Å². The number of hydrogen-bond acceptors (Lipinski definition) is 3. The van der Waals surface area contributed by atoms with Gasteiger partial charge in [0.15, 0.2) is 0 Å². The van der Waals surface area contributed by atoms with E-state index in [4.69, 9.17) is 4.74 Å². The Bertz CT molecular complexity index is 626. The molecule has 0 aliphatic carbocycles. The van der Waals surface area contributed by atoms with Gasteiger partial charge in [0.2, 0.25) is 0 Å². The van der Waals surface area contributed by atoms with Gasteiger partial charge in [-0.25, -0.2) is 0 Å². The summed E-state index contributed by atoms with van der Waals surface area (Å²) < 4.78 is 6.49. The molecule has 3 rings (SSSR count). The van der Waals surface area contributed by atoms with Gasteiger partial charge < -0.3 is 9.64 Å². The molecule has 1 aliphatic rings. The number of benzene rings is 1. The molecule has 100 valence electrons. The SMILES string of the molecule is Cc1cc(C)c2cc(C(=O)N3CCOCC3)sc2c1. The predicted molar refractivity (Wildman–Crippen MR) is 78.0 cm³/mol. The number of ether oxygens (including phenoxy) is 1. The average molecular weight is 275 g/mol. The number of aryl methyl sites for hydroxylation is 2. The van der Waals surface area contributed by atoms with Crippen LogP contribution in [-0.2, 0) is 4.74 Å². The molecule has 1 amide bonds. The third-order valence-electron chi connectivity index (χ3n) is 3.50. The summed E-state index contributed by atoms with van der Waals surface area (Å²) in [6.07, 6.45) is 0. The van der Waals surface area contributed by atoms with E-state index in [-0.39, 0.29) is 5.91 Å². The molecule has 1 fully saturated rings. The second kappa shape index (κ2) is 4.94. The number of thiophene rings is 1. The fourth-order valence-electron chi connectivity index (χ4n) is 2.52. The number of fused-ring (bicyclic) bond motifs is 1. The number of nitrogens with zero attached hydrogens (tertiary/aromatic N) is 1. The molecule has 1 saturated heterocycles. The number of amides is 1. The van der Waals surface area contributed by atoms with Crippen molar-refractivity contribution in [3.05, 3.63) is 34.2 Å². The lowest BCUT2D eigenvalue weighted by Gasteiger charge is -2.26. The zero-order valence-corrected chi connectivity index (χ0v) is 12.0. The van der Waals surface area contributed by atoms with Gasteiger partial charge in [-0.1, -0.05) is 6.07 Å². The highest BCUT2D eigenvalue weighted by Gasteiger charge is 2.20. The Hall–Kier alpha value is -1.39. The van der Waals surface area contributed by atoms with Crippen molar-refractivity contribution in [1.82, 2.24) is 4.90 Å². The van der Waals surface area contributed by atoms with E-state index < -0.39 is 0 Å². The first-order valence-corrected chi connectivity index (χ1v) is 7.34. The number of morpholine rings is 1. The van der Waals surface area contributed by atoms with E-state index in [9.17, 15) is 4.79 Å². The zero-order valence-electron chi connectivity index (χ0n) is 11.2. The lowest BCUT2D eigenvalue weighted by molar-refractivity contribution is 0.0306. The van der Waals surface area contributed by atoms with Crippen LogP contribution in [0.15, 0.2) is 18.2 Å². The first-order chi connectivity index (χ1) is 9.15. The summed E-state index contributed by atoms with van der Waals surface area (Å²) in [5.41, 5.74) is 2.49.